The van der Waals surface area contributed by atoms with Crippen molar-refractivity contribution < 1.29 is 22.7 Å². The minimum absolute atomic E-state index is 0.258. The molecule has 0 saturated carbocycles. The van der Waals surface area contributed by atoms with Crippen molar-refractivity contribution >= 4 is 17.3 Å². The molecule has 4 rings (SSSR count). The molecule has 0 bridgehead atoms. The van der Waals surface area contributed by atoms with Gasteiger partial charge in [0, 0.05) is 37.4 Å². The van der Waals surface area contributed by atoms with Crippen LogP contribution in [0.4, 0.5) is 24.5 Å². The molecule has 1 saturated heterocycles. The van der Waals surface area contributed by atoms with Crippen LogP contribution in [0.15, 0.2) is 72.8 Å². The molecule has 1 aliphatic rings. The number of hydrogen-bond acceptors (Lipinski definition) is 4. The van der Waals surface area contributed by atoms with E-state index in [-0.39, 0.29) is 11.3 Å². The number of carbonyl (C=O) groups is 1. The van der Waals surface area contributed by atoms with Gasteiger partial charge in [0.2, 0.25) is 0 Å². The van der Waals surface area contributed by atoms with Gasteiger partial charge in [-0.15, -0.1) is 0 Å². The zero-order valence-electron chi connectivity index (χ0n) is 18.8. The van der Waals surface area contributed by atoms with Crippen LogP contribution in [0, 0.1) is 0 Å². The number of carbonyl (C=O) groups excluding carboxylic acids is 1. The highest BCUT2D eigenvalue weighted by Crippen LogP contribution is 2.37. The molecule has 0 aliphatic carbocycles. The van der Waals surface area contributed by atoms with E-state index in [0.717, 1.165) is 30.5 Å². The first-order valence-electron chi connectivity index (χ1n) is 11.0. The Balaban J connectivity index is 1.45. The van der Waals surface area contributed by atoms with Crippen molar-refractivity contribution in [1.29, 1.82) is 0 Å². The lowest BCUT2D eigenvalue weighted by molar-refractivity contribution is -0.136. The second-order valence-corrected chi connectivity index (χ2v) is 8.27. The molecule has 1 amide bonds. The van der Waals surface area contributed by atoms with Gasteiger partial charge in [-0.2, -0.15) is 13.2 Å². The van der Waals surface area contributed by atoms with E-state index in [1.807, 2.05) is 42.3 Å². The Labute approximate surface area is 196 Å². The van der Waals surface area contributed by atoms with Crippen LogP contribution in [0.5, 0.6) is 5.75 Å². The fourth-order valence-corrected chi connectivity index (χ4v) is 3.77. The van der Waals surface area contributed by atoms with E-state index in [2.05, 4.69) is 10.2 Å². The number of piperazine rings is 1. The highest BCUT2D eigenvalue weighted by Gasteiger charge is 2.35. The Morgan fingerprint density at radius 3 is 2.26 bits per heavy atom. The third-order valence-corrected chi connectivity index (χ3v) is 5.79. The van der Waals surface area contributed by atoms with Gasteiger partial charge < -0.3 is 19.9 Å². The van der Waals surface area contributed by atoms with E-state index < -0.39 is 17.6 Å². The first-order chi connectivity index (χ1) is 16.3. The normalized spacial score (nSPS) is 14.6. The summed E-state index contributed by atoms with van der Waals surface area (Å²) < 4.78 is 47.1. The van der Waals surface area contributed by atoms with Gasteiger partial charge >= 0.3 is 6.18 Å². The topological polar surface area (TPSA) is 44.8 Å². The summed E-state index contributed by atoms with van der Waals surface area (Å²) >= 11 is 0. The Morgan fingerprint density at radius 2 is 1.62 bits per heavy atom. The molecule has 5 nitrogen and oxygen atoms in total. The summed E-state index contributed by atoms with van der Waals surface area (Å²) in [6.45, 7) is 3.19. The lowest BCUT2D eigenvalue weighted by Gasteiger charge is -2.34. The number of likely N-dealkylation sites (N-methyl/N-ethyl adjacent to an activating group) is 1. The Bertz CT molecular complexity index is 1110. The quantitative estimate of drug-likeness (QED) is 0.533. The van der Waals surface area contributed by atoms with Crippen molar-refractivity contribution in [3.05, 3.63) is 89.5 Å². The van der Waals surface area contributed by atoms with Crippen LogP contribution in [0.2, 0.25) is 0 Å². The molecule has 178 valence electrons. The van der Waals surface area contributed by atoms with Crippen molar-refractivity contribution in [2.24, 2.45) is 0 Å². The summed E-state index contributed by atoms with van der Waals surface area (Å²) in [7, 11) is 1.99. The molecule has 0 radical (unpaired) electrons. The number of anilines is 2. The van der Waals surface area contributed by atoms with Gasteiger partial charge in [-0.1, -0.05) is 30.3 Å². The van der Waals surface area contributed by atoms with Gasteiger partial charge in [-0.3, -0.25) is 4.79 Å². The molecule has 1 fully saturated rings. The predicted octanol–water partition coefficient (Wildman–Crippen LogP) is 5.29. The van der Waals surface area contributed by atoms with Crippen LogP contribution in [-0.2, 0) is 12.8 Å². The SMILES string of the molecule is CN1CCN(c2ccc(NC(=O)c3ccc(COc4ccccc4)cc3)c(C(F)(F)F)c2)CC1. The average molecular weight is 470 g/mol. The highest BCUT2D eigenvalue weighted by molar-refractivity contribution is 6.04. The summed E-state index contributed by atoms with van der Waals surface area (Å²) in [5.41, 5.74) is 0.492. The molecule has 1 heterocycles. The fraction of sp³-hybridized carbons (Fsp3) is 0.269. The second kappa shape index (κ2) is 10.2. The minimum atomic E-state index is -4.59. The Kier molecular flexibility index (Phi) is 7.07. The number of alkyl halides is 3. The lowest BCUT2D eigenvalue weighted by atomic mass is 10.1. The van der Waals surface area contributed by atoms with E-state index in [9.17, 15) is 18.0 Å². The number of nitrogens with zero attached hydrogens (tertiary/aromatic N) is 2. The van der Waals surface area contributed by atoms with E-state index in [4.69, 9.17) is 4.74 Å². The first kappa shape index (κ1) is 23.6. The maximum absolute atomic E-state index is 13.8. The Morgan fingerprint density at radius 1 is 0.941 bits per heavy atom. The van der Waals surface area contributed by atoms with Gasteiger partial charge in [-0.25, -0.2) is 0 Å². The van der Waals surface area contributed by atoms with Gasteiger partial charge in [-0.05, 0) is 55.1 Å². The lowest BCUT2D eigenvalue weighted by Crippen LogP contribution is -2.44. The fourth-order valence-electron chi connectivity index (χ4n) is 3.77. The van der Waals surface area contributed by atoms with Crippen molar-refractivity contribution in [2.45, 2.75) is 12.8 Å². The largest absolute Gasteiger partial charge is 0.489 e. The molecule has 1 N–H and O–H groups in total. The highest BCUT2D eigenvalue weighted by atomic mass is 19.4. The predicted molar refractivity (Wildman–Crippen MR) is 126 cm³/mol. The Hall–Kier alpha value is -3.52. The van der Waals surface area contributed by atoms with Crippen molar-refractivity contribution in [1.82, 2.24) is 4.90 Å². The van der Waals surface area contributed by atoms with Crippen molar-refractivity contribution in [2.75, 3.05) is 43.4 Å². The number of benzene rings is 3. The summed E-state index contributed by atoms with van der Waals surface area (Å²) in [6, 6.07) is 20.0. The number of amides is 1. The molecule has 0 unspecified atom stereocenters. The van der Waals surface area contributed by atoms with Crippen LogP contribution >= 0.6 is 0 Å². The van der Waals surface area contributed by atoms with E-state index in [0.29, 0.717) is 25.4 Å². The summed E-state index contributed by atoms with van der Waals surface area (Å²) in [4.78, 5) is 16.7. The number of para-hydroxylation sites is 1. The smallest absolute Gasteiger partial charge is 0.418 e. The van der Waals surface area contributed by atoms with Crippen LogP contribution in [0.3, 0.4) is 0 Å². The van der Waals surface area contributed by atoms with Crippen LogP contribution < -0.4 is 15.0 Å². The maximum Gasteiger partial charge on any atom is 0.418 e. The molecule has 8 heteroatoms. The molecule has 0 spiro atoms. The minimum Gasteiger partial charge on any atom is -0.489 e. The second-order valence-electron chi connectivity index (χ2n) is 8.27. The van der Waals surface area contributed by atoms with Crippen molar-refractivity contribution in [3.63, 3.8) is 0 Å². The average Bonchev–Trinajstić information content (AvgIpc) is 2.84. The van der Waals surface area contributed by atoms with Crippen LogP contribution in [0.1, 0.15) is 21.5 Å². The zero-order valence-corrected chi connectivity index (χ0v) is 18.8. The number of nitrogens with one attached hydrogen (secondary N) is 1. The van der Waals surface area contributed by atoms with E-state index in [1.165, 1.54) is 6.07 Å². The van der Waals surface area contributed by atoms with Gasteiger partial charge in [0.15, 0.2) is 0 Å². The molecule has 3 aromatic carbocycles. The third-order valence-electron chi connectivity index (χ3n) is 5.79. The molecule has 0 aromatic heterocycles. The monoisotopic (exact) mass is 469 g/mol. The molecular formula is C26H26F3N3O2. The molecule has 1 aliphatic heterocycles. The molecule has 3 aromatic rings. The maximum atomic E-state index is 13.8. The van der Waals surface area contributed by atoms with Crippen LogP contribution in [0.25, 0.3) is 0 Å². The summed E-state index contributed by atoms with van der Waals surface area (Å²) in [6.07, 6.45) is -4.59. The molecular weight excluding hydrogens is 443 g/mol. The number of halogens is 3. The van der Waals surface area contributed by atoms with Crippen LogP contribution in [-0.4, -0.2) is 44.0 Å². The number of ether oxygens (including phenoxy) is 1. The van der Waals surface area contributed by atoms with E-state index in [1.54, 1.807) is 30.3 Å². The van der Waals surface area contributed by atoms with Gasteiger partial charge in [0.05, 0.1) is 11.3 Å². The first-order valence-corrected chi connectivity index (χ1v) is 11.0. The van der Waals surface area contributed by atoms with Gasteiger partial charge in [0.25, 0.3) is 5.91 Å². The van der Waals surface area contributed by atoms with Gasteiger partial charge in [0.1, 0.15) is 12.4 Å². The molecule has 0 atom stereocenters. The standard InChI is InChI=1S/C26H26F3N3O2/c1-31-13-15-32(16-14-31)21-11-12-24(23(17-21)26(27,28)29)30-25(33)20-9-7-19(8-10-20)18-34-22-5-3-2-4-6-22/h2-12,17H,13-16,18H2,1H3,(H,30,33). The summed E-state index contributed by atoms with van der Waals surface area (Å²) in [5.74, 6) is 0.123. The summed E-state index contributed by atoms with van der Waals surface area (Å²) in [5, 5.41) is 2.43. The number of hydrogen-bond donors (Lipinski definition) is 1. The van der Waals surface area contributed by atoms with Crippen molar-refractivity contribution in [3.8, 4) is 5.75 Å². The zero-order chi connectivity index (χ0) is 24.1. The van der Waals surface area contributed by atoms with E-state index >= 15 is 0 Å². The molecule has 34 heavy (non-hydrogen) atoms. The third kappa shape index (κ3) is 5.88. The number of rotatable bonds is 6.